The van der Waals surface area contributed by atoms with E-state index in [1.165, 1.54) is 12.7 Å². The number of unbranched alkanes of at least 4 members (excludes halogenated alkanes) is 2. The van der Waals surface area contributed by atoms with Crippen LogP contribution in [0.15, 0.2) is 12.1 Å². The van der Waals surface area contributed by atoms with E-state index in [9.17, 15) is 9.90 Å². The molecule has 0 spiro atoms. The van der Waals surface area contributed by atoms with Gasteiger partial charge in [-0.05, 0) is 61.1 Å². The van der Waals surface area contributed by atoms with E-state index in [1.54, 1.807) is 0 Å². The van der Waals surface area contributed by atoms with Gasteiger partial charge in [0.25, 0.3) is 0 Å². The smallest absolute Gasteiger partial charge is 0.309 e. The lowest BCUT2D eigenvalue weighted by atomic mass is 9.74. The highest BCUT2D eigenvalue weighted by atomic mass is 16.5. The highest BCUT2D eigenvalue weighted by molar-refractivity contribution is 5.73. The number of carbonyl (C=O) groups is 1. The molecule has 2 rings (SSSR count). The fourth-order valence-electron chi connectivity index (χ4n) is 4.08. The Balaban J connectivity index is 2.37. The lowest BCUT2D eigenvalue weighted by Gasteiger charge is -2.30. The molecule has 1 aromatic rings. The molecule has 2 atom stereocenters. The number of benzene rings is 1. The van der Waals surface area contributed by atoms with Crippen LogP contribution in [0.5, 0.6) is 5.75 Å². The normalized spacial score (nSPS) is 20.4. The maximum atomic E-state index is 12.3. The molecule has 1 saturated carbocycles. The quantitative estimate of drug-likeness (QED) is 0.630. The summed E-state index contributed by atoms with van der Waals surface area (Å²) in [5.41, 5.74) is 3.34. The van der Waals surface area contributed by atoms with Gasteiger partial charge in [0.05, 0.1) is 13.0 Å². The summed E-state index contributed by atoms with van der Waals surface area (Å²) in [6.45, 7) is 4.35. The molecule has 25 heavy (non-hydrogen) atoms. The van der Waals surface area contributed by atoms with Crippen molar-refractivity contribution in [2.45, 2.75) is 84.0 Å². The van der Waals surface area contributed by atoms with Gasteiger partial charge in [-0.15, -0.1) is 0 Å². The van der Waals surface area contributed by atoms with Gasteiger partial charge in [0.2, 0.25) is 0 Å². The van der Waals surface area contributed by atoms with E-state index in [1.807, 2.05) is 0 Å². The van der Waals surface area contributed by atoms with Crippen molar-refractivity contribution in [1.82, 2.24) is 0 Å². The van der Waals surface area contributed by atoms with E-state index in [-0.39, 0.29) is 17.8 Å². The lowest BCUT2D eigenvalue weighted by molar-refractivity contribution is -0.147. The van der Waals surface area contributed by atoms with E-state index in [0.29, 0.717) is 5.75 Å². The minimum atomic E-state index is -0.0806. The van der Waals surface area contributed by atoms with Gasteiger partial charge in [-0.25, -0.2) is 0 Å². The Morgan fingerprint density at radius 2 is 1.64 bits per heavy atom. The molecule has 1 N–H and O–H groups in total. The van der Waals surface area contributed by atoms with Crippen LogP contribution in [0, 0.1) is 5.92 Å². The lowest BCUT2D eigenvalue weighted by Crippen LogP contribution is -2.27. The summed E-state index contributed by atoms with van der Waals surface area (Å²) in [6.07, 6.45) is 10.4. The van der Waals surface area contributed by atoms with E-state index in [4.69, 9.17) is 4.74 Å². The van der Waals surface area contributed by atoms with Crippen LogP contribution in [0.4, 0.5) is 0 Å². The second-order valence-corrected chi connectivity index (χ2v) is 7.42. The van der Waals surface area contributed by atoms with Gasteiger partial charge in [0, 0.05) is 0 Å². The number of rotatable bonds is 8. The summed E-state index contributed by atoms with van der Waals surface area (Å²) in [7, 11) is 1.49. The van der Waals surface area contributed by atoms with Gasteiger partial charge in [-0.3, -0.25) is 4.79 Å². The first-order chi connectivity index (χ1) is 12.1. The van der Waals surface area contributed by atoms with E-state index in [2.05, 4.69) is 26.0 Å². The van der Waals surface area contributed by atoms with Gasteiger partial charge in [0.15, 0.2) is 0 Å². The molecule has 1 fully saturated rings. The third-order valence-electron chi connectivity index (χ3n) is 5.59. The minimum absolute atomic E-state index is 0.0404. The van der Waals surface area contributed by atoms with Crippen LogP contribution in [-0.2, 0) is 22.4 Å². The van der Waals surface area contributed by atoms with Crippen molar-refractivity contribution in [3.8, 4) is 5.75 Å². The predicted octanol–water partition coefficient (Wildman–Crippen LogP) is 5.52. The topological polar surface area (TPSA) is 46.5 Å². The number of ether oxygens (including phenoxy) is 1. The highest BCUT2D eigenvalue weighted by Gasteiger charge is 2.33. The molecule has 0 aromatic heterocycles. The Bertz CT molecular complexity index is 535. The molecule has 0 amide bonds. The summed E-state index contributed by atoms with van der Waals surface area (Å²) in [6, 6.07) is 4.32. The fourth-order valence-corrected chi connectivity index (χ4v) is 4.08. The van der Waals surface area contributed by atoms with Gasteiger partial charge >= 0.3 is 5.97 Å². The van der Waals surface area contributed by atoms with Crippen LogP contribution in [0.3, 0.4) is 0 Å². The van der Waals surface area contributed by atoms with E-state index in [0.717, 1.165) is 75.3 Å². The number of hydrogen-bond acceptors (Lipinski definition) is 3. The Morgan fingerprint density at radius 1 is 1.08 bits per heavy atom. The monoisotopic (exact) mass is 346 g/mol. The Hall–Kier alpha value is -1.51. The first-order valence-corrected chi connectivity index (χ1v) is 10.0. The van der Waals surface area contributed by atoms with Gasteiger partial charge in [-0.2, -0.15) is 0 Å². The Labute approximate surface area is 152 Å². The average Bonchev–Trinajstić information content (AvgIpc) is 2.65. The number of methoxy groups -OCH3 is 1. The van der Waals surface area contributed by atoms with Crippen LogP contribution in [0.1, 0.15) is 87.8 Å². The second kappa shape index (κ2) is 9.84. The number of aryl methyl sites for hydroxylation is 2. The molecular weight excluding hydrogens is 312 g/mol. The largest absolute Gasteiger partial charge is 0.507 e. The molecule has 0 radical (unpaired) electrons. The van der Waals surface area contributed by atoms with Gasteiger partial charge < -0.3 is 9.84 Å². The van der Waals surface area contributed by atoms with Crippen molar-refractivity contribution in [3.63, 3.8) is 0 Å². The maximum Gasteiger partial charge on any atom is 0.309 e. The van der Waals surface area contributed by atoms with Crippen molar-refractivity contribution in [2.24, 2.45) is 5.92 Å². The number of phenolic OH excluding ortho intramolecular Hbond substituents is 1. The number of hydrogen-bond donors (Lipinski definition) is 1. The standard InChI is InChI=1S/C22H34O3/c1-4-6-10-16-14-18(15-17(21(16)23)11-7-5-2)19-12-8-9-13-20(19)22(24)25-3/h14-15,19-20,23H,4-13H2,1-3H3. The van der Waals surface area contributed by atoms with Crippen LogP contribution < -0.4 is 0 Å². The molecule has 1 aliphatic rings. The van der Waals surface area contributed by atoms with Crippen LogP contribution in [-0.4, -0.2) is 18.2 Å². The molecule has 3 heteroatoms. The third kappa shape index (κ3) is 4.99. The molecule has 1 aliphatic carbocycles. The van der Waals surface area contributed by atoms with Crippen molar-refractivity contribution in [1.29, 1.82) is 0 Å². The van der Waals surface area contributed by atoms with Crippen molar-refractivity contribution in [2.75, 3.05) is 7.11 Å². The molecule has 0 bridgehead atoms. The number of carbonyl (C=O) groups excluding carboxylic acids is 1. The molecule has 3 nitrogen and oxygen atoms in total. The summed E-state index contributed by atoms with van der Waals surface area (Å²) in [5.74, 6) is 0.586. The first-order valence-electron chi connectivity index (χ1n) is 10.0. The first kappa shape index (κ1) is 19.8. The maximum absolute atomic E-state index is 12.3. The molecule has 0 aliphatic heterocycles. The Morgan fingerprint density at radius 3 is 2.16 bits per heavy atom. The predicted molar refractivity (Wildman–Crippen MR) is 102 cm³/mol. The third-order valence-corrected chi connectivity index (χ3v) is 5.59. The zero-order chi connectivity index (χ0) is 18.2. The van der Waals surface area contributed by atoms with Crippen LogP contribution >= 0.6 is 0 Å². The van der Waals surface area contributed by atoms with Gasteiger partial charge in [0.1, 0.15) is 5.75 Å². The number of phenols is 1. The molecule has 1 aromatic carbocycles. The molecule has 0 saturated heterocycles. The van der Waals surface area contributed by atoms with Crippen molar-refractivity contribution in [3.05, 3.63) is 28.8 Å². The SMILES string of the molecule is CCCCc1cc(C2CCCCC2C(=O)OC)cc(CCCC)c1O. The summed E-state index contributed by atoms with van der Waals surface area (Å²) < 4.78 is 5.07. The van der Waals surface area contributed by atoms with Crippen molar-refractivity contribution >= 4 is 5.97 Å². The molecular formula is C22H34O3. The zero-order valence-electron chi connectivity index (χ0n) is 16.1. The summed E-state index contributed by atoms with van der Waals surface area (Å²) in [4.78, 5) is 12.3. The summed E-state index contributed by atoms with van der Waals surface area (Å²) >= 11 is 0. The zero-order valence-corrected chi connectivity index (χ0v) is 16.1. The minimum Gasteiger partial charge on any atom is -0.507 e. The van der Waals surface area contributed by atoms with E-state index >= 15 is 0 Å². The van der Waals surface area contributed by atoms with E-state index < -0.39 is 0 Å². The highest BCUT2D eigenvalue weighted by Crippen LogP contribution is 2.41. The number of aromatic hydroxyl groups is 1. The van der Waals surface area contributed by atoms with Crippen LogP contribution in [0.25, 0.3) is 0 Å². The summed E-state index contributed by atoms with van der Waals surface area (Å²) in [5, 5.41) is 10.7. The van der Waals surface area contributed by atoms with Crippen molar-refractivity contribution < 1.29 is 14.6 Å². The molecule has 2 unspecified atom stereocenters. The fraction of sp³-hybridized carbons (Fsp3) is 0.682. The molecule has 140 valence electrons. The average molecular weight is 347 g/mol. The van der Waals surface area contributed by atoms with Gasteiger partial charge in [-0.1, -0.05) is 51.7 Å². The Kier molecular flexibility index (Phi) is 7.80. The van der Waals surface area contributed by atoms with Crippen LogP contribution in [0.2, 0.25) is 0 Å². The second-order valence-electron chi connectivity index (χ2n) is 7.42. The molecule has 0 heterocycles. The number of esters is 1.